The Kier molecular flexibility index (Phi) is 6.51. The molecule has 1 aliphatic rings. The van der Waals surface area contributed by atoms with E-state index < -0.39 is 10.0 Å². The molecule has 2 heterocycles. The molecule has 1 saturated heterocycles. The molecule has 152 valence electrons. The van der Waals surface area contributed by atoms with Gasteiger partial charge in [-0.05, 0) is 51.7 Å². The van der Waals surface area contributed by atoms with Gasteiger partial charge in [0.2, 0.25) is 10.0 Å². The molecular formula is C20H29N5O2S. The second kappa shape index (κ2) is 8.87. The van der Waals surface area contributed by atoms with Crippen molar-refractivity contribution in [1.82, 2.24) is 14.7 Å². The van der Waals surface area contributed by atoms with Crippen LogP contribution < -0.4 is 14.9 Å². The molecule has 1 aromatic carbocycles. The van der Waals surface area contributed by atoms with Crippen molar-refractivity contribution < 1.29 is 8.42 Å². The van der Waals surface area contributed by atoms with Gasteiger partial charge < -0.3 is 10.2 Å². The fraction of sp³-hybridized carbons (Fsp3) is 0.500. The average Bonchev–Trinajstić information content (AvgIpc) is 2.65. The van der Waals surface area contributed by atoms with E-state index in [0.717, 1.165) is 35.9 Å². The molecule has 0 bridgehead atoms. The largest absolute Gasteiger partial charge is 0.369 e. The van der Waals surface area contributed by atoms with Gasteiger partial charge in [-0.2, -0.15) is 0 Å². The Morgan fingerprint density at radius 2 is 1.75 bits per heavy atom. The van der Waals surface area contributed by atoms with Crippen molar-refractivity contribution in [3.63, 3.8) is 0 Å². The second-order valence-electron chi connectivity index (χ2n) is 7.30. The molecule has 0 atom stereocenters. The fourth-order valence-electron chi connectivity index (χ4n) is 3.48. The van der Waals surface area contributed by atoms with Crippen LogP contribution in [-0.2, 0) is 10.0 Å². The van der Waals surface area contributed by atoms with Crippen LogP contribution in [-0.4, -0.2) is 44.6 Å². The first kappa shape index (κ1) is 20.5. The lowest BCUT2D eigenvalue weighted by molar-refractivity contribution is 0.572. The standard InChI is InChI=1S/C20H29N5O2S/c1-15-7-8-18(16(2)13-15)28(26,27)22-10-9-21-19-14-20(24-17(3)23-19)25-11-5-4-6-12-25/h7-8,13-14,22H,4-6,9-12H2,1-3H3,(H,21,23,24). The van der Waals surface area contributed by atoms with Crippen LogP contribution in [0.2, 0.25) is 0 Å². The Labute approximate surface area is 167 Å². The van der Waals surface area contributed by atoms with Crippen LogP contribution in [0.5, 0.6) is 0 Å². The van der Waals surface area contributed by atoms with E-state index in [0.29, 0.717) is 17.3 Å². The summed E-state index contributed by atoms with van der Waals surface area (Å²) in [5.41, 5.74) is 1.79. The first-order valence-electron chi connectivity index (χ1n) is 9.76. The van der Waals surface area contributed by atoms with Crippen LogP contribution in [0.4, 0.5) is 11.6 Å². The maximum Gasteiger partial charge on any atom is 0.240 e. The number of anilines is 2. The van der Waals surface area contributed by atoms with Gasteiger partial charge in [0, 0.05) is 32.2 Å². The van der Waals surface area contributed by atoms with Gasteiger partial charge in [0.05, 0.1) is 4.90 Å². The second-order valence-corrected chi connectivity index (χ2v) is 9.04. The summed E-state index contributed by atoms with van der Waals surface area (Å²) in [6, 6.07) is 7.28. The Balaban J connectivity index is 1.58. The van der Waals surface area contributed by atoms with Crippen molar-refractivity contribution in [2.75, 3.05) is 36.4 Å². The van der Waals surface area contributed by atoms with Crippen molar-refractivity contribution >= 4 is 21.7 Å². The van der Waals surface area contributed by atoms with Gasteiger partial charge in [0.1, 0.15) is 17.5 Å². The zero-order valence-corrected chi connectivity index (χ0v) is 17.6. The van der Waals surface area contributed by atoms with Crippen molar-refractivity contribution in [3.8, 4) is 0 Å². The highest BCUT2D eigenvalue weighted by atomic mass is 32.2. The van der Waals surface area contributed by atoms with Gasteiger partial charge in [-0.3, -0.25) is 0 Å². The first-order valence-corrected chi connectivity index (χ1v) is 11.2. The summed E-state index contributed by atoms with van der Waals surface area (Å²) < 4.78 is 27.7. The molecule has 0 aliphatic carbocycles. The zero-order valence-electron chi connectivity index (χ0n) is 16.8. The number of sulfonamides is 1. The molecule has 3 rings (SSSR count). The number of nitrogens with zero attached hydrogens (tertiary/aromatic N) is 3. The van der Waals surface area contributed by atoms with Crippen LogP contribution >= 0.6 is 0 Å². The quantitative estimate of drug-likeness (QED) is 0.691. The Morgan fingerprint density at radius 1 is 1.00 bits per heavy atom. The highest BCUT2D eigenvalue weighted by Crippen LogP contribution is 2.20. The van der Waals surface area contributed by atoms with Gasteiger partial charge >= 0.3 is 0 Å². The van der Waals surface area contributed by atoms with Crippen molar-refractivity contribution in [2.24, 2.45) is 0 Å². The normalized spacial score (nSPS) is 14.9. The summed E-state index contributed by atoms with van der Waals surface area (Å²) >= 11 is 0. The molecule has 1 aromatic heterocycles. The number of piperidine rings is 1. The number of rotatable bonds is 7. The minimum Gasteiger partial charge on any atom is -0.369 e. The Morgan fingerprint density at radius 3 is 2.46 bits per heavy atom. The van der Waals surface area contributed by atoms with E-state index in [1.807, 2.05) is 39.0 Å². The van der Waals surface area contributed by atoms with Crippen LogP contribution in [0.25, 0.3) is 0 Å². The van der Waals surface area contributed by atoms with E-state index in [4.69, 9.17) is 0 Å². The van der Waals surface area contributed by atoms with Crippen LogP contribution in [0.15, 0.2) is 29.2 Å². The molecule has 0 amide bonds. The Bertz CT molecular complexity index is 924. The third-order valence-corrected chi connectivity index (χ3v) is 6.47. The van der Waals surface area contributed by atoms with E-state index in [1.165, 1.54) is 19.3 Å². The minimum atomic E-state index is -3.53. The molecule has 1 aliphatic heterocycles. The van der Waals surface area contributed by atoms with Gasteiger partial charge in [-0.1, -0.05) is 17.7 Å². The smallest absolute Gasteiger partial charge is 0.240 e. The molecule has 1 fully saturated rings. The molecule has 2 N–H and O–H groups in total. The van der Waals surface area contributed by atoms with E-state index in [1.54, 1.807) is 6.07 Å². The topological polar surface area (TPSA) is 87.2 Å². The van der Waals surface area contributed by atoms with Crippen molar-refractivity contribution in [3.05, 3.63) is 41.2 Å². The summed E-state index contributed by atoms with van der Waals surface area (Å²) in [4.78, 5) is 11.6. The van der Waals surface area contributed by atoms with E-state index in [2.05, 4.69) is 24.9 Å². The SMILES string of the molecule is Cc1ccc(S(=O)(=O)NCCNc2cc(N3CCCCC3)nc(C)n2)c(C)c1. The third kappa shape index (κ3) is 5.20. The number of hydrogen-bond acceptors (Lipinski definition) is 6. The molecule has 2 aromatic rings. The molecule has 0 unspecified atom stereocenters. The summed E-state index contributed by atoms with van der Waals surface area (Å²) in [5.74, 6) is 2.37. The van der Waals surface area contributed by atoms with E-state index in [9.17, 15) is 8.42 Å². The van der Waals surface area contributed by atoms with E-state index >= 15 is 0 Å². The summed E-state index contributed by atoms with van der Waals surface area (Å²) in [6.45, 7) is 8.39. The van der Waals surface area contributed by atoms with Gasteiger partial charge in [0.15, 0.2) is 0 Å². The molecule has 0 radical (unpaired) electrons. The monoisotopic (exact) mass is 403 g/mol. The molecule has 0 saturated carbocycles. The summed E-state index contributed by atoms with van der Waals surface area (Å²) in [7, 11) is -3.53. The number of hydrogen-bond donors (Lipinski definition) is 2. The molecular weight excluding hydrogens is 374 g/mol. The van der Waals surface area contributed by atoms with E-state index in [-0.39, 0.29) is 6.54 Å². The maximum absolute atomic E-state index is 12.5. The minimum absolute atomic E-state index is 0.276. The van der Waals surface area contributed by atoms with Crippen LogP contribution in [0.3, 0.4) is 0 Å². The summed E-state index contributed by atoms with van der Waals surface area (Å²) in [5, 5.41) is 3.21. The number of nitrogens with one attached hydrogen (secondary N) is 2. The summed E-state index contributed by atoms with van der Waals surface area (Å²) in [6.07, 6.45) is 3.64. The third-order valence-electron chi connectivity index (χ3n) is 4.85. The predicted molar refractivity (Wildman–Crippen MR) is 112 cm³/mol. The number of benzene rings is 1. The lowest BCUT2D eigenvalue weighted by Gasteiger charge is -2.28. The van der Waals surface area contributed by atoms with Gasteiger partial charge in [-0.25, -0.2) is 23.1 Å². The fourth-order valence-corrected chi connectivity index (χ4v) is 4.74. The highest BCUT2D eigenvalue weighted by Gasteiger charge is 2.16. The highest BCUT2D eigenvalue weighted by molar-refractivity contribution is 7.89. The van der Waals surface area contributed by atoms with Crippen molar-refractivity contribution in [2.45, 2.75) is 44.9 Å². The van der Waals surface area contributed by atoms with Crippen molar-refractivity contribution in [1.29, 1.82) is 0 Å². The first-order chi connectivity index (χ1) is 13.3. The lowest BCUT2D eigenvalue weighted by atomic mass is 10.1. The average molecular weight is 404 g/mol. The zero-order chi connectivity index (χ0) is 20.1. The van der Waals surface area contributed by atoms with Crippen LogP contribution in [0.1, 0.15) is 36.2 Å². The molecule has 28 heavy (non-hydrogen) atoms. The Hall–Kier alpha value is -2.19. The molecule has 7 nitrogen and oxygen atoms in total. The number of aromatic nitrogens is 2. The maximum atomic E-state index is 12.5. The lowest BCUT2D eigenvalue weighted by Crippen LogP contribution is -2.31. The molecule has 8 heteroatoms. The van der Waals surface area contributed by atoms with Gasteiger partial charge in [0.25, 0.3) is 0 Å². The van der Waals surface area contributed by atoms with Crippen LogP contribution in [0, 0.1) is 20.8 Å². The predicted octanol–water partition coefficient (Wildman–Crippen LogP) is 2.78. The molecule has 0 spiro atoms. The van der Waals surface area contributed by atoms with Gasteiger partial charge in [-0.15, -0.1) is 0 Å². The number of aryl methyl sites for hydroxylation is 3.